The summed E-state index contributed by atoms with van der Waals surface area (Å²) in [5.41, 5.74) is 2.48. The van der Waals surface area contributed by atoms with Crippen LogP contribution in [0, 0.1) is 0 Å². The minimum absolute atomic E-state index is 0.0855. The van der Waals surface area contributed by atoms with Crippen LogP contribution in [-0.2, 0) is 6.54 Å². The first-order valence-corrected chi connectivity index (χ1v) is 9.51. The van der Waals surface area contributed by atoms with Crippen molar-refractivity contribution in [1.82, 2.24) is 14.9 Å². The summed E-state index contributed by atoms with van der Waals surface area (Å²) in [6, 6.07) is 17.9. The number of rotatable bonds is 4. The number of hydrogen-bond donors (Lipinski definition) is 0. The first-order chi connectivity index (χ1) is 12.2. The van der Waals surface area contributed by atoms with Crippen LogP contribution < -0.4 is 0 Å². The lowest BCUT2D eigenvalue weighted by Gasteiger charge is -2.13. The van der Waals surface area contributed by atoms with Gasteiger partial charge in [0.1, 0.15) is 15.7 Å². The van der Waals surface area contributed by atoms with Gasteiger partial charge in [-0.2, -0.15) is 0 Å². The maximum Gasteiger partial charge on any atom is 0.273 e. The summed E-state index contributed by atoms with van der Waals surface area (Å²) in [7, 11) is 1.79. The van der Waals surface area contributed by atoms with Crippen molar-refractivity contribution in [2.45, 2.75) is 6.54 Å². The highest BCUT2D eigenvalue weighted by Crippen LogP contribution is 2.25. The van der Waals surface area contributed by atoms with Crippen LogP contribution in [0.15, 0.2) is 60.0 Å². The highest BCUT2D eigenvalue weighted by molar-refractivity contribution is 7.18. The van der Waals surface area contributed by atoms with E-state index in [0.29, 0.717) is 12.2 Å². The Morgan fingerprint density at radius 2 is 1.80 bits per heavy atom. The summed E-state index contributed by atoms with van der Waals surface area (Å²) in [6.45, 7) is 0.483. The first kappa shape index (κ1) is 15.9. The van der Waals surface area contributed by atoms with E-state index in [0.717, 1.165) is 25.8 Å². The molecule has 124 valence electrons. The summed E-state index contributed by atoms with van der Waals surface area (Å²) < 4.78 is 1.14. The van der Waals surface area contributed by atoms with E-state index in [1.54, 1.807) is 23.3 Å². The molecular formula is C19H15N3OS2. The van der Waals surface area contributed by atoms with Crippen molar-refractivity contribution in [1.29, 1.82) is 0 Å². The predicted molar refractivity (Wildman–Crippen MR) is 103 cm³/mol. The molecule has 2 aromatic carbocycles. The normalized spacial score (nSPS) is 10.9. The van der Waals surface area contributed by atoms with E-state index in [9.17, 15) is 4.79 Å². The number of carbonyl (C=O) groups is 1. The molecule has 0 radical (unpaired) electrons. The molecule has 2 heterocycles. The van der Waals surface area contributed by atoms with Crippen molar-refractivity contribution in [2.75, 3.05) is 7.05 Å². The number of benzene rings is 2. The molecule has 0 atom stereocenters. The topological polar surface area (TPSA) is 46.1 Å². The van der Waals surface area contributed by atoms with Gasteiger partial charge in [0.05, 0.1) is 16.8 Å². The van der Waals surface area contributed by atoms with E-state index in [1.807, 2.05) is 60.0 Å². The van der Waals surface area contributed by atoms with Gasteiger partial charge < -0.3 is 4.90 Å². The number of thiazole rings is 2. The number of nitrogens with zero attached hydrogens (tertiary/aromatic N) is 3. The Morgan fingerprint density at radius 3 is 2.60 bits per heavy atom. The lowest BCUT2D eigenvalue weighted by molar-refractivity contribution is 0.0780. The number of aromatic nitrogens is 2. The Kier molecular flexibility index (Phi) is 4.29. The molecule has 0 fully saturated rings. The second-order valence-electron chi connectivity index (χ2n) is 5.64. The van der Waals surface area contributed by atoms with Crippen molar-refractivity contribution in [3.63, 3.8) is 0 Å². The molecule has 0 aliphatic rings. The van der Waals surface area contributed by atoms with Gasteiger partial charge >= 0.3 is 0 Å². The van der Waals surface area contributed by atoms with Gasteiger partial charge in [-0.25, -0.2) is 9.97 Å². The summed E-state index contributed by atoms with van der Waals surface area (Å²) >= 11 is 3.10. The van der Waals surface area contributed by atoms with Crippen LogP contribution in [0.5, 0.6) is 0 Å². The Bertz CT molecular complexity index is 990. The second-order valence-corrected chi connectivity index (χ2v) is 7.61. The lowest BCUT2D eigenvalue weighted by atomic mass is 10.2. The van der Waals surface area contributed by atoms with E-state index < -0.39 is 0 Å². The zero-order chi connectivity index (χ0) is 17.2. The number of hydrogen-bond acceptors (Lipinski definition) is 5. The molecule has 0 bridgehead atoms. The van der Waals surface area contributed by atoms with E-state index in [-0.39, 0.29) is 5.91 Å². The van der Waals surface area contributed by atoms with Crippen LogP contribution in [0.25, 0.3) is 20.8 Å². The number of para-hydroxylation sites is 1. The molecule has 0 spiro atoms. The number of fused-ring (bicyclic) bond motifs is 1. The Labute approximate surface area is 153 Å². The molecule has 0 N–H and O–H groups in total. The monoisotopic (exact) mass is 365 g/mol. The molecule has 0 saturated carbocycles. The Balaban J connectivity index is 1.51. The zero-order valence-corrected chi connectivity index (χ0v) is 15.2. The van der Waals surface area contributed by atoms with Gasteiger partial charge in [-0.15, -0.1) is 22.7 Å². The van der Waals surface area contributed by atoms with Gasteiger partial charge in [0, 0.05) is 18.0 Å². The third-order valence-electron chi connectivity index (χ3n) is 3.80. The first-order valence-electron chi connectivity index (χ1n) is 7.81. The van der Waals surface area contributed by atoms with Crippen molar-refractivity contribution in [2.24, 2.45) is 0 Å². The third kappa shape index (κ3) is 3.31. The van der Waals surface area contributed by atoms with Crippen LogP contribution in [-0.4, -0.2) is 27.8 Å². The molecule has 25 heavy (non-hydrogen) atoms. The largest absolute Gasteiger partial charge is 0.334 e. The Morgan fingerprint density at radius 1 is 1.04 bits per heavy atom. The minimum Gasteiger partial charge on any atom is -0.334 e. The van der Waals surface area contributed by atoms with Crippen LogP contribution in [0.4, 0.5) is 0 Å². The Hall–Kier alpha value is -2.57. The van der Waals surface area contributed by atoms with Gasteiger partial charge in [-0.05, 0) is 12.1 Å². The molecule has 6 heteroatoms. The summed E-state index contributed by atoms with van der Waals surface area (Å²) in [4.78, 5) is 23.4. The molecule has 0 saturated heterocycles. The second kappa shape index (κ2) is 6.74. The third-order valence-corrected chi connectivity index (χ3v) is 5.71. The molecule has 1 amide bonds. The predicted octanol–water partition coefficient (Wildman–Crippen LogP) is 4.69. The van der Waals surface area contributed by atoms with Gasteiger partial charge in [-0.1, -0.05) is 42.5 Å². The highest BCUT2D eigenvalue weighted by atomic mass is 32.1. The average Bonchev–Trinajstić information content (AvgIpc) is 3.28. The van der Waals surface area contributed by atoms with E-state index in [4.69, 9.17) is 0 Å². The van der Waals surface area contributed by atoms with E-state index >= 15 is 0 Å². The fourth-order valence-corrected chi connectivity index (χ4v) is 4.36. The smallest absolute Gasteiger partial charge is 0.273 e. The SMILES string of the molecule is CN(Cc1nc2ccccc2s1)C(=O)c1csc(-c2ccccc2)n1. The van der Waals surface area contributed by atoms with Crippen molar-refractivity contribution >= 4 is 38.8 Å². The van der Waals surface area contributed by atoms with Gasteiger partial charge in [0.15, 0.2) is 0 Å². The maximum atomic E-state index is 12.7. The minimum atomic E-state index is -0.0855. The molecule has 4 aromatic rings. The van der Waals surface area contributed by atoms with Gasteiger partial charge in [-0.3, -0.25) is 4.79 Å². The van der Waals surface area contributed by atoms with E-state index in [1.165, 1.54) is 11.3 Å². The zero-order valence-electron chi connectivity index (χ0n) is 13.5. The summed E-state index contributed by atoms with van der Waals surface area (Å²) in [5, 5.41) is 3.60. The van der Waals surface area contributed by atoms with Gasteiger partial charge in [0.25, 0.3) is 5.91 Å². The van der Waals surface area contributed by atoms with Crippen LogP contribution >= 0.6 is 22.7 Å². The van der Waals surface area contributed by atoms with E-state index in [2.05, 4.69) is 9.97 Å². The molecule has 0 unspecified atom stereocenters. The molecule has 0 aliphatic carbocycles. The fraction of sp³-hybridized carbons (Fsp3) is 0.105. The number of carbonyl (C=O) groups excluding carboxylic acids is 1. The van der Waals surface area contributed by atoms with Crippen LogP contribution in [0.3, 0.4) is 0 Å². The van der Waals surface area contributed by atoms with Crippen molar-refractivity contribution < 1.29 is 4.79 Å². The van der Waals surface area contributed by atoms with Crippen molar-refractivity contribution in [3.8, 4) is 10.6 Å². The quantitative estimate of drug-likeness (QED) is 0.527. The van der Waals surface area contributed by atoms with Crippen LogP contribution in [0.1, 0.15) is 15.5 Å². The lowest BCUT2D eigenvalue weighted by Crippen LogP contribution is -2.26. The molecular weight excluding hydrogens is 350 g/mol. The van der Waals surface area contributed by atoms with Crippen LogP contribution in [0.2, 0.25) is 0 Å². The molecule has 4 nitrogen and oxygen atoms in total. The summed E-state index contributed by atoms with van der Waals surface area (Å²) in [5.74, 6) is -0.0855. The maximum absolute atomic E-state index is 12.7. The molecule has 4 rings (SSSR count). The number of amides is 1. The highest BCUT2D eigenvalue weighted by Gasteiger charge is 2.17. The fourth-order valence-electron chi connectivity index (χ4n) is 2.54. The molecule has 0 aliphatic heterocycles. The summed E-state index contributed by atoms with van der Waals surface area (Å²) in [6.07, 6.45) is 0. The van der Waals surface area contributed by atoms with Gasteiger partial charge in [0.2, 0.25) is 0 Å². The molecule has 2 aromatic heterocycles. The average molecular weight is 365 g/mol. The standard InChI is InChI=1S/C19H15N3OS2/c1-22(11-17-20-14-9-5-6-10-16(14)25-17)19(23)15-12-24-18(21-15)13-7-3-2-4-8-13/h2-10,12H,11H2,1H3. The van der Waals surface area contributed by atoms with Crippen molar-refractivity contribution in [3.05, 3.63) is 70.7 Å².